The van der Waals surface area contributed by atoms with Gasteiger partial charge in [-0.05, 0) is 55.8 Å². The van der Waals surface area contributed by atoms with Gasteiger partial charge in [0.1, 0.15) is 11.8 Å². The Morgan fingerprint density at radius 1 is 0.615 bits per heavy atom. The molecule has 0 saturated carbocycles. The number of nitrogens with zero attached hydrogens (tertiary/aromatic N) is 3. The highest BCUT2D eigenvalue weighted by atomic mass is 16.2. The summed E-state index contributed by atoms with van der Waals surface area (Å²) in [6.07, 6.45) is 2.79. The van der Waals surface area contributed by atoms with Crippen molar-refractivity contribution in [2.45, 2.75) is 19.8 Å². The van der Waals surface area contributed by atoms with Gasteiger partial charge < -0.3 is 0 Å². The Morgan fingerprint density at radius 2 is 1.00 bits per heavy atom. The third-order valence-electron chi connectivity index (χ3n) is 6.80. The number of carbonyl (C=O) groups is 6. The molecule has 2 aliphatic heterocycles. The van der Waals surface area contributed by atoms with Crippen LogP contribution in [0.5, 0.6) is 0 Å². The number of nitrogens with one attached hydrogen (secondary N) is 2. The summed E-state index contributed by atoms with van der Waals surface area (Å²) in [6.45, 7) is 3.67. The van der Waals surface area contributed by atoms with Crippen molar-refractivity contribution in [1.29, 1.82) is 0 Å². The topological polar surface area (TPSA) is 146 Å². The third kappa shape index (κ3) is 4.54. The number of hydrogen-bond donors (Lipinski definition) is 2. The molecule has 196 valence electrons. The minimum atomic E-state index is -1.65. The molecule has 3 aromatic rings. The van der Waals surface area contributed by atoms with Crippen LogP contribution < -0.4 is 20.4 Å². The summed E-state index contributed by atoms with van der Waals surface area (Å²) in [5.41, 5.74) is 2.48. The molecule has 8 amide bonds. The highest BCUT2D eigenvalue weighted by Crippen LogP contribution is 2.39. The lowest BCUT2D eigenvalue weighted by atomic mass is 9.73. The van der Waals surface area contributed by atoms with Crippen molar-refractivity contribution in [3.05, 3.63) is 89.7 Å². The number of pyridine rings is 1. The largest absolute Gasteiger partial charge is 0.335 e. The van der Waals surface area contributed by atoms with Gasteiger partial charge >= 0.3 is 12.1 Å². The zero-order chi connectivity index (χ0) is 27.8. The predicted molar refractivity (Wildman–Crippen MR) is 138 cm³/mol. The summed E-state index contributed by atoms with van der Waals surface area (Å²) in [4.78, 5) is 85.4. The number of amides is 8. The van der Waals surface area contributed by atoms with Crippen LogP contribution in [0.2, 0.25) is 0 Å². The molecular formula is C28H23N5O6. The number of imide groups is 4. The van der Waals surface area contributed by atoms with Crippen LogP contribution in [0.1, 0.15) is 22.6 Å². The van der Waals surface area contributed by atoms with Gasteiger partial charge in [-0.15, -0.1) is 0 Å². The molecule has 0 radical (unpaired) electrons. The highest BCUT2D eigenvalue weighted by molar-refractivity contribution is 6.31. The molecule has 3 heterocycles. The first-order chi connectivity index (χ1) is 18.7. The summed E-state index contributed by atoms with van der Waals surface area (Å²) in [6, 6.07) is 14.1. The average Bonchev–Trinajstić information content (AvgIpc) is 2.90. The lowest BCUT2D eigenvalue weighted by Gasteiger charge is -2.39. The molecule has 5 rings (SSSR count). The number of rotatable bonds is 5. The molecule has 1 aromatic heterocycles. The normalized spacial score (nSPS) is 20.6. The Labute approximate surface area is 222 Å². The fraction of sp³-hybridized carbons (Fsp3) is 0.179. The number of aromatic nitrogens is 1. The Balaban J connectivity index is 1.62. The van der Waals surface area contributed by atoms with E-state index in [0.29, 0.717) is 0 Å². The van der Waals surface area contributed by atoms with Gasteiger partial charge in [0.05, 0.1) is 11.4 Å². The fourth-order valence-electron chi connectivity index (χ4n) is 4.85. The standard InChI is InChI=1S/C28H23N5O6/c1-15-3-7-18(8-4-15)32-25(36)21(23(34)30-27(32)38)20(17-11-13-29-14-12-17)22-24(35)31-28(39)33(26(22)37)19-9-5-16(2)6-10-19/h3-14,20-22H,1-2H3,(H,30,34,38)(H,31,35,39)/t20?,21-,22+. The molecule has 0 spiro atoms. The highest BCUT2D eigenvalue weighted by Gasteiger charge is 2.54. The minimum Gasteiger partial charge on any atom is -0.277 e. The van der Waals surface area contributed by atoms with Crippen LogP contribution >= 0.6 is 0 Å². The van der Waals surface area contributed by atoms with Gasteiger partial charge in [0, 0.05) is 18.3 Å². The average molecular weight is 526 g/mol. The lowest BCUT2D eigenvalue weighted by molar-refractivity contribution is -0.140. The second-order valence-electron chi connectivity index (χ2n) is 9.37. The first kappa shape index (κ1) is 25.5. The Kier molecular flexibility index (Phi) is 6.48. The number of aryl methyl sites for hydroxylation is 2. The monoisotopic (exact) mass is 525 g/mol. The van der Waals surface area contributed by atoms with E-state index in [-0.39, 0.29) is 16.9 Å². The van der Waals surface area contributed by atoms with Gasteiger partial charge in [0.25, 0.3) is 0 Å². The van der Waals surface area contributed by atoms with E-state index < -0.39 is 53.4 Å². The molecule has 2 N–H and O–H groups in total. The summed E-state index contributed by atoms with van der Waals surface area (Å²) < 4.78 is 0. The molecule has 0 bridgehead atoms. The summed E-state index contributed by atoms with van der Waals surface area (Å²) in [7, 11) is 0. The molecule has 2 fully saturated rings. The predicted octanol–water partition coefficient (Wildman–Crippen LogP) is 2.58. The van der Waals surface area contributed by atoms with Gasteiger partial charge in [-0.25, -0.2) is 19.4 Å². The van der Waals surface area contributed by atoms with Crippen molar-refractivity contribution in [2.24, 2.45) is 11.8 Å². The first-order valence-corrected chi connectivity index (χ1v) is 12.1. The maximum Gasteiger partial charge on any atom is 0.335 e. The number of barbiturate groups is 2. The SMILES string of the molecule is Cc1ccc(N2C(=O)NC(=O)[C@@H](C(c3ccncc3)[C@H]3C(=O)NC(=O)N(c4ccc(C)cc4)C3=O)C2=O)cc1. The Hall–Kier alpha value is -5.19. The van der Waals surface area contributed by atoms with Crippen molar-refractivity contribution < 1.29 is 28.8 Å². The fourth-order valence-corrected chi connectivity index (χ4v) is 4.85. The quantitative estimate of drug-likeness (QED) is 0.487. The minimum absolute atomic E-state index is 0.213. The molecule has 2 saturated heterocycles. The number of urea groups is 2. The number of hydrogen-bond acceptors (Lipinski definition) is 7. The van der Waals surface area contributed by atoms with E-state index in [4.69, 9.17) is 0 Å². The molecule has 39 heavy (non-hydrogen) atoms. The van der Waals surface area contributed by atoms with Gasteiger partial charge in [-0.3, -0.25) is 34.8 Å². The molecule has 3 atom stereocenters. The van der Waals surface area contributed by atoms with Crippen LogP contribution in [0.25, 0.3) is 0 Å². The van der Waals surface area contributed by atoms with E-state index in [1.54, 1.807) is 48.5 Å². The summed E-state index contributed by atoms with van der Waals surface area (Å²) >= 11 is 0. The van der Waals surface area contributed by atoms with Crippen LogP contribution in [0.3, 0.4) is 0 Å². The van der Waals surface area contributed by atoms with Crippen molar-refractivity contribution in [1.82, 2.24) is 15.6 Å². The van der Waals surface area contributed by atoms with Crippen LogP contribution in [0.4, 0.5) is 21.0 Å². The first-order valence-electron chi connectivity index (χ1n) is 12.1. The number of anilines is 2. The van der Waals surface area contributed by atoms with Gasteiger partial charge in [0.2, 0.25) is 23.6 Å². The van der Waals surface area contributed by atoms with Gasteiger partial charge in [-0.2, -0.15) is 0 Å². The lowest BCUT2D eigenvalue weighted by Crippen LogP contribution is -2.64. The Bertz CT molecular complexity index is 1410. The Morgan fingerprint density at radius 3 is 1.38 bits per heavy atom. The zero-order valence-electron chi connectivity index (χ0n) is 21.0. The maximum atomic E-state index is 13.9. The second-order valence-corrected chi connectivity index (χ2v) is 9.37. The molecule has 2 aliphatic rings. The van der Waals surface area contributed by atoms with Crippen molar-refractivity contribution in [2.75, 3.05) is 9.80 Å². The molecular weight excluding hydrogens is 502 g/mol. The van der Waals surface area contributed by atoms with Crippen LogP contribution in [0.15, 0.2) is 73.1 Å². The van der Waals surface area contributed by atoms with Crippen LogP contribution in [0, 0.1) is 25.7 Å². The molecule has 11 nitrogen and oxygen atoms in total. The second kappa shape index (κ2) is 9.93. The molecule has 1 unspecified atom stereocenters. The molecule has 2 aromatic carbocycles. The van der Waals surface area contributed by atoms with E-state index in [0.717, 1.165) is 20.9 Å². The zero-order valence-corrected chi connectivity index (χ0v) is 21.0. The number of carbonyl (C=O) groups excluding carboxylic acids is 6. The van der Waals surface area contributed by atoms with E-state index in [9.17, 15) is 28.8 Å². The van der Waals surface area contributed by atoms with E-state index >= 15 is 0 Å². The van der Waals surface area contributed by atoms with Crippen molar-refractivity contribution in [3.63, 3.8) is 0 Å². The van der Waals surface area contributed by atoms with E-state index in [1.807, 2.05) is 13.8 Å². The summed E-state index contributed by atoms with van der Waals surface area (Å²) in [5, 5.41) is 4.38. The molecule has 11 heteroatoms. The summed E-state index contributed by atoms with van der Waals surface area (Å²) in [5.74, 6) is -8.42. The van der Waals surface area contributed by atoms with Gasteiger partial charge in [-0.1, -0.05) is 35.4 Å². The number of benzene rings is 2. The smallest absolute Gasteiger partial charge is 0.277 e. The molecule has 0 aliphatic carbocycles. The van der Waals surface area contributed by atoms with Crippen LogP contribution in [-0.4, -0.2) is 40.7 Å². The van der Waals surface area contributed by atoms with Crippen molar-refractivity contribution in [3.8, 4) is 0 Å². The van der Waals surface area contributed by atoms with Crippen molar-refractivity contribution >= 4 is 47.1 Å². The van der Waals surface area contributed by atoms with Crippen LogP contribution in [-0.2, 0) is 19.2 Å². The third-order valence-corrected chi connectivity index (χ3v) is 6.80. The van der Waals surface area contributed by atoms with E-state index in [2.05, 4.69) is 15.6 Å². The maximum absolute atomic E-state index is 13.9. The van der Waals surface area contributed by atoms with Gasteiger partial charge in [0.15, 0.2) is 0 Å². The van der Waals surface area contributed by atoms with E-state index in [1.165, 1.54) is 24.5 Å².